The lowest BCUT2D eigenvalue weighted by Gasteiger charge is -2.39. The Morgan fingerprint density at radius 2 is 1.85 bits per heavy atom. The Morgan fingerprint density at radius 3 is 2.52 bits per heavy atom. The Bertz CT molecular complexity index is 1140. The molecule has 1 aliphatic heterocycles. The molecule has 2 aromatic carbocycles. The summed E-state index contributed by atoms with van der Waals surface area (Å²) in [6.45, 7) is 5.97. The van der Waals surface area contributed by atoms with Crippen LogP contribution in [0.15, 0.2) is 42.5 Å². The summed E-state index contributed by atoms with van der Waals surface area (Å²) in [6, 6.07) is 11.4. The quantitative estimate of drug-likeness (QED) is 0.401. The molecule has 40 heavy (non-hydrogen) atoms. The average Bonchev–Trinajstić information content (AvgIpc) is 2.95. The van der Waals surface area contributed by atoms with Gasteiger partial charge in [-0.3, -0.25) is 4.79 Å². The third-order valence-electron chi connectivity index (χ3n) is 8.07. The van der Waals surface area contributed by atoms with Gasteiger partial charge in [0, 0.05) is 31.2 Å². The number of carbonyl (C=O) groups is 2. The van der Waals surface area contributed by atoms with Gasteiger partial charge in [-0.05, 0) is 69.1 Å². The predicted octanol–water partition coefficient (Wildman–Crippen LogP) is 5.07. The molecule has 4 rings (SSSR count). The van der Waals surface area contributed by atoms with Crippen molar-refractivity contribution >= 4 is 23.3 Å². The summed E-state index contributed by atoms with van der Waals surface area (Å²) in [6.07, 6.45) is 6.23. The highest BCUT2D eigenvalue weighted by molar-refractivity contribution is 6.04. The first-order valence-electron chi connectivity index (χ1n) is 14.4. The molecule has 9 heteroatoms. The van der Waals surface area contributed by atoms with E-state index >= 15 is 0 Å². The summed E-state index contributed by atoms with van der Waals surface area (Å²) in [5.74, 6) is 1.52. The van der Waals surface area contributed by atoms with Gasteiger partial charge >= 0.3 is 6.03 Å². The van der Waals surface area contributed by atoms with Gasteiger partial charge in [-0.2, -0.15) is 0 Å². The molecule has 0 unspecified atom stereocenters. The van der Waals surface area contributed by atoms with Gasteiger partial charge in [0.1, 0.15) is 11.9 Å². The van der Waals surface area contributed by atoms with Crippen molar-refractivity contribution in [3.8, 4) is 11.5 Å². The minimum absolute atomic E-state index is 0.00101. The van der Waals surface area contributed by atoms with Crippen LogP contribution >= 0.6 is 0 Å². The van der Waals surface area contributed by atoms with Gasteiger partial charge in [-0.25, -0.2) is 4.79 Å². The zero-order chi connectivity index (χ0) is 28.6. The molecule has 3 N–H and O–H groups in total. The second kappa shape index (κ2) is 13.9. The molecule has 218 valence electrons. The van der Waals surface area contributed by atoms with Gasteiger partial charge < -0.3 is 35.0 Å². The standard InChI is InChI=1S/C31H44N4O5/c1-21-17-35(22(2)20-36)30(37)26-11-8-12-27(33-31(38)32-24-13-15-25(39-4)16-14-24)29(26)40-28(21)19-34(3)18-23-9-6-5-7-10-23/h8,11-16,21-23,28,36H,5-7,9-10,17-20H2,1-4H3,(H2,32,33,38)/t21-,22+,28-/m1/s1. The van der Waals surface area contributed by atoms with Crippen LogP contribution in [-0.4, -0.2) is 79.4 Å². The van der Waals surface area contributed by atoms with Gasteiger partial charge in [-0.1, -0.05) is 32.3 Å². The molecule has 2 aromatic rings. The van der Waals surface area contributed by atoms with E-state index in [2.05, 4.69) is 29.5 Å². The number of hydrogen-bond donors (Lipinski definition) is 3. The summed E-state index contributed by atoms with van der Waals surface area (Å²) in [4.78, 5) is 30.7. The first-order valence-corrected chi connectivity index (χ1v) is 14.4. The largest absolute Gasteiger partial charge is 0.497 e. The van der Waals surface area contributed by atoms with Crippen LogP contribution in [0.5, 0.6) is 11.5 Å². The maximum absolute atomic E-state index is 13.7. The minimum Gasteiger partial charge on any atom is -0.497 e. The van der Waals surface area contributed by atoms with Gasteiger partial charge in [0.15, 0.2) is 5.75 Å². The number of likely N-dealkylation sites (N-methyl/N-ethyl adjacent to an activating group) is 1. The number of aliphatic hydroxyl groups excluding tert-OH is 1. The Balaban J connectivity index is 1.58. The van der Waals surface area contributed by atoms with Crippen molar-refractivity contribution in [2.24, 2.45) is 11.8 Å². The highest BCUT2D eigenvalue weighted by Crippen LogP contribution is 2.35. The van der Waals surface area contributed by atoms with Crippen LogP contribution in [0.2, 0.25) is 0 Å². The highest BCUT2D eigenvalue weighted by Gasteiger charge is 2.35. The molecule has 0 radical (unpaired) electrons. The number of methoxy groups -OCH3 is 1. The van der Waals surface area contributed by atoms with Crippen molar-refractivity contribution in [3.05, 3.63) is 48.0 Å². The molecule has 3 amide bonds. The van der Waals surface area contributed by atoms with E-state index in [1.54, 1.807) is 54.5 Å². The number of fused-ring (bicyclic) bond motifs is 1. The molecule has 2 aliphatic rings. The Hall–Kier alpha value is -3.30. The van der Waals surface area contributed by atoms with Gasteiger partial charge in [0.05, 0.1) is 31.0 Å². The van der Waals surface area contributed by atoms with E-state index in [9.17, 15) is 14.7 Å². The number of aliphatic hydroxyl groups is 1. The number of benzene rings is 2. The zero-order valence-corrected chi connectivity index (χ0v) is 24.2. The van der Waals surface area contributed by atoms with E-state index in [4.69, 9.17) is 9.47 Å². The topological polar surface area (TPSA) is 103 Å². The maximum atomic E-state index is 13.7. The van der Waals surface area contributed by atoms with Crippen molar-refractivity contribution in [2.75, 3.05) is 51.0 Å². The van der Waals surface area contributed by atoms with Crippen molar-refractivity contribution in [2.45, 2.75) is 58.1 Å². The highest BCUT2D eigenvalue weighted by atomic mass is 16.5. The SMILES string of the molecule is COc1ccc(NC(=O)Nc2cccc3c2O[C@H](CN(C)CC2CCCCC2)[C@H](C)CN([C@@H](C)CO)C3=O)cc1. The second-order valence-corrected chi connectivity index (χ2v) is 11.3. The normalized spacial score (nSPS) is 20.6. The maximum Gasteiger partial charge on any atom is 0.323 e. The van der Waals surface area contributed by atoms with Crippen LogP contribution in [0.4, 0.5) is 16.2 Å². The summed E-state index contributed by atoms with van der Waals surface area (Å²) < 4.78 is 11.8. The molecule has 9 nitrogen and oxygen atoms in total. The van der Waals surface area contributed by atoms with E-state index in [1.165, 1.54) is 32.1 Å². The molecule has 1 fully saturated rings. The van der Waals surface area contributed by atoms with Crippen LogP contribution in [-0.2, 0) is 0 Å². The van der Waals surface area contributed by atoms with Crippen LogP contribution in [0.3, 0.4) is 0 Å². The van der Waals surface area contributed by atoms with E-state index in [1.807, 2.05) is 6.92 Å². The van der Waals surface area contributed by atoms with Crippen LogP contribution in [0.25, 0.3) is 0 Å². The fourth-order valence-electron chi connectivity index (χ4n) is 5.71. The molecule has 3 atom stereocenters. The molecular formula is C31H44N4O5. The van der Waals surface area contributed by atoms with Crippen LogP contribution in [0.1, 0.15) is 56.3 Å². The van der Waals surface area contributed by atoms with Crippen molar-refractivity contribution in [1.82, 2.24) is 9.80 Å². The van der Waals surface area contributed by atoms with E-state index in [0.29, 0.717) is 47.4 Å². The minimum atomic E-state index is -0.448. The number of anilines is 2. The number of nitrogens with one attached hydrogen (secondary N) is 2. The summed E-state index contributed by atoms with van der Waals surface area (Å²) in [5.41, 5.74) is 1.39. The molecule has 0 bridgehead atoms. The zero-order valence-electron chi connectivity index (χ0n) is 24.2. The summed E-state index contributed by atoms with van der Waals surface area (Å²) >= 11 is 0. The van der Waals surface area contributed by atoms with Crippen molar-refractivity contribution < 1.29 is 24.2 Å². The third kappa shape index (κ3) is 7.46. The molecule has 1 saturated carbocycles. The van der Waals surface area contributed by atoms with Crippen LogP contribution in [0, 0.1) is 11.8 Å². The lowest BCUT2D eigenvalue weighted by atomic mass is 9.89. The number of nitrogens with zero attached hydrogens (tertiary/aromatic N) is 2. The summed E-state index contributed by atoms with van der Waals surface area (Å²) in [7, 11) is 3.72. The third-order valence-corrected chi connectivity index (χ3v) is 8.07. The lowest BCUT2D eigenvalue weighted by Crippen LogP contribution is -2.50. The van der Waals surface area contributed by atoms with Gasteiger partial charge in [0.2, 0.25) is 0 Å². The Labute approximate surface area is 237 Å². The molecule has 0 saturated heterocycles. The predicted molar refractivity (Wildman–Crippen MR) is 157 cm³/mol. The number of para-hydroxylation sites is 1. The van der Waals surface area contributed by atoms with Crippen LogP contribution < -0.4 is 20.1 Å². The van der Waals surface area contributed by atoms with E-state index < -0.39 is 6.03 Å². The molecular weight excluding hydrogens is 508 g/mol. The number of urea groups is 1. The van der Waals surface area contributed by atoms with Gasteiger partial charge in [0.25, 0.3) is 5.91 Å². The fourth-order valence-corrected chi connectivity index (χ4v) is 5.71. The van der Waals surface area contributed by atoms with Gasteiger partial charge in [-0.15, -0.1) is 0 Å². The van der Waals surface area contributed by atoms with E-state index in [-0.39, 0.29) is 30.6 Å². The number of ether oxygens (including phenoxy) is 2. The number of amides is 3. The average molecular weight is 553 g/mol. The fraction of sp³-hybridized carbons (Fsp3) is 0.548. The first kappa shape index (κ1) is 29.7. The number of hydrogen-bond acceptors (Lipinski definition) is 6. The Kier molecular flexibility index (Phi) is 10.3. The smallest absolute Gasteiger partial charge is 0.323 e. The Morgan fingerprint density at radius 1 is 1.12 bits per heavy atom. The number of rotatable bonds is 9. The van der Waals surface area contributed by atoms with Crippen molar-refractivity contribution in [1.29, 1.82) is 0 Å². The van der Waals surface area contributed by atoms with Crippen molar-refractivity contribution in [3.63, 3.8) is 0 Å². The molecule has 0 aromatic heterocycles. The lowest BCUT2D eigenvalue weighted by molar-refractivity contribution is 0.0333. The first-order chi connectivity index (χ1) is 19.3. The number of carbonyl (C=O) groups excluding carboxylic acids is 2. The van der Waals surface area contributed by atoms with E-state index in [0.717, 1.165) is 6.54 Å². The monoisotopic (exact) mass is 552 g/mol. The second-order valence-electron chi connectivity index (χ2n) is 11.3. The summed E-state index contributed by atoms with van der Waals surface area (Å²) in [5, 5.41) is 15.6. The molecule has 1 aliphatic carbocycles. The molecule has 0 spiro atoms. The molecule has 1 heterocycles.